The van der Waals surface area contributed by atoms with E-state index in [-0.39, 0.29) is 11.8 Å². The lowest BCUT2D eigenvalue weighted by atomic mass is 9.97. The Balaban J connectivity index is 1.89. The third-order valence-corrected chi connectivity index (χ3v) is 5.65. The highest BCUT2D eigenvalue weighted by atomic mass is 35.5. The molecule has 0 saturated carbocycles. The van der Waals surface area contributed by atoms with Crippen molar-refractivity contribution in [2.45, 2.75) is 13.8 Å². The lowest BCUT2D eigenvalue weighted by molar-refractivity contribution is -0.121. The predicted octanol–water partition coefficient (Wildman–Crippen LogP) is 3.58. The van der Waals surface area contributed by atoms with Crippen molar-refractivity contribution in [3.63, 3.8) is 0 Å². The van der Waals surface area contributed by atoms with Crippen LogP contribution in [0.4, 0.5) is 5.69 Å². The van der Waals surface area contributed by atoms with Gasteiger partial charge in [-0.05, 0) is 43.2 Å². The smallest absolute Gasteiger partial charge is 0.282 e. The molecule has 1 fully saturated rings. The summed E-state index contributed by atoms with van der Waals surface area (Å²) in [7, 11) is 1.50. The molecule has 0 bridgehead atoms. The molecule has 2 aliphatic heterocycles. The second kappa shape index (κ2) is 8.13. The largest absolute Gasteiger partial charge is 0.495 e. The lowest BCUT2D eigenvalue weighted by Crippen LogP contribution is -2.40. The van der Waals surface area contributed by atoms with E-state index in [0.717, 1.165) is 16.7 Å². The Morgan fingerprint density at radius 3 is 2.40 bits per heavy atom. The summed E-state index contributed by atoms with van der Waals surface area (Å²) in [6.45, 7) is 6.05. The molecule has 156 valence electrons. The van der Waals surface area contributed by atoms with Crippen molar-refractivity contribution < 1.29 is 19.1 Å². The number of morpholine rings is 1. The third-order valence-electron chi connectivity index (χ3n) is 5.42. The Bertz CT molecular complexity index is 1060. The fraction of sp³-hybridized carbons (Fsp3) is 0.304. The van der Waals surface area contributed by atoms with Gasteiger partial charge in [0.15, 0.2) is 0 Å². The summed E-state index contributed by atoms with van der Waals surface area (Å²) in [5.74, 6) is -0.351. The van der Waals surface area contributed by atoms with Gasteiger partial charge in [0.1, 0.15) is 11.4 Å². The number of hydrogen-bond acceptors (Lipinski definition) is 5. The van der Waals surface area contributed by atoms with E-state index in [1.54, 1.807) is 18.2 Å². The van der Waals surface area contributed by atoms with Gasteiger partial charge < -0.3 is 14.4 Å². The molecule has 0 aromatic heterocycles. The summed E-state index contributed by atoms with van der Waals surface area (Å²) >= 11 is 6.18. The minimum Gasteiger partial charge on any atom is -0.495 e. The van der Waals surface area contributed by atoms with Crippen LogP contribution in [-0.2, 0) is 14.3 Å². The molecule has 30 heavy (non-hydrogen) atoms. The lowest BCUT2D eigenvalue weighted by Gasteiger charge is -2.30. The molecule has 2 aromatic carbocycles. The second-order valence-electron chi connectivity index (χ2n) is 7.40. The predicted molar refractivity (Wildman–Crippen MR) is 116 cm³/mol. The van der Waals surface area contributed by atoms with E-state index in [9.17, 15) is 9.59 Å². The van der Waals surface area contributed by atoms with Crippen LogP contribution >= 0.6 is 11.6 Å². The maximum atomic E-state index is 13.7. The van der Waals surface area contributed by atoms with Crippen molar-refractivity contribution in [3.05, 3.63) is 63.8 Å². The average Bonchev–Trinajstić information content (AvgIpc) is 2.98. The molecule has 0 aliphatic carbocycles. The number of carbonyl (C=O) groups is 2. The Labute approximate surface area is 180 Å². The van der Waals surface area contributed by atoms with Crippen LogP contribution in [0.1, 0.15) is 16.7 Å². The molecule has 0 radical (unpaired) electrons. The van der Waals surface area contributed by atoms with Gasteiger partial charge in [0, 0.05) is 18.1 Å². The first-order chi connectivity index (χ1) is 14.4. The summed E-state index contributed by atoms with van der Waals surface area (Å²) in [4.78, 5) is 30.4. The Hall–Kier alpha value is -2.83. The van der Waals surface area contributed by atoms with Crippen molar-refractivity contribution in [3.8, 4) is 5.75 Å². The van der Waals surface area contributed by atoms with Gasteiger partial charge in [-0.15, -0.1) is 0 Å². The highest BCUT2D eigenvalue weighted by Crippen LogP contribution is 2.40. The number of hydrogen-bond donors (Lipinski definition) is 0. The normalized spacial score (nSPS) is 17.2. The van der Waals surface area contributed by atoms with Crippen molar-refractivity contribution in [1.82, 2.24) is 4.90 Å². The zero-order chi connectivity index (χ0) is 21.4. The number of imide groups is 1. The van der Waals surface area contributed by atoms with Crippen LogP contribution in [0.3, 0.4) is 0 Å². The van der Waals surface area contributed by atoms with Crippen LogP contribution in [0.2, 0.25) is 5.02 Å². The number of amides is 2. The Morgan fingerprint density at radius 1 is 1.00 bits per heavy atom. The van der Waals surface area contributed by atoms with Gasteiger partial charge in [0.25, 0.3) is 11.8 Å². The molecule has 2 heterocycles. The maximum absolute atomic E-state index is 13.7. The van der Waals surface area contributed by atoms with Crippen molar-refractivity contribution in [2.24, 2.45) is 0 Å². The van der Waals surface area contributed by atoms with E-state index >= 15 is 0 Å². The minimum atomic E-state index is -0.381. The molecule has 7 heteroatoms. The van der Waals surface area contributed by atoms with Crippen LogP contribution < -0.4 is 9.64 Å². The summed E-state index contributed by atoms with van der Waals surface area (Å²) in [5, 5.41) is 0.416. The molecular formula is C23H23ClN2O4. The van der Waals surface area contributed by atoms with Gasteiger partial charge in [-0.25, -0.2) is 4.90 Å². The average molecular weight is 427 g/mol. The van der Waals surface area contributed by atoms with Gasteiger partial charge in [0.05, 0.1) is 31.6 Å². The van der Waals surface area contributed by atoms with Gasteiger partial charge in [-0.3, -0.25) is 9.59 Å². The molecule has 2 aromatic rings. The van der Waals surface area contributed by atoms with Crippen LogP contribution in [-0.4, -0.2) is 50.1 Å². The number of halogens is 1. The van der Waals surface area contributed by atoms with E-state index < -0.39 is 0 Å². The molecule has 0 spiro atoms. The SMILES string of the molecule is COc1ccc(Cl)cc1N1C(=O)C(c2ccc(C)cc2C)=C(N2CCOCC2)C1=O. The van der Waals surface area contributed by atoms with E-state index in [0.29, 0.717) is 54.0 Å². The summed E-state index contributed by atoms with van der Waals surface area (Å²) in [6.07, 6.45) is 0. The number of methoxy groups -OCH3 is 1. The van der Waals surface area contributed by atoms with Crippen LogP contribution in [0.5, 0.6) is 5.75 Å². The zero-order valence-electron chi connectivity index (χ0n) is 17.2. The molecule has 0 N–H and O–H groups in total. The van der Waals surface area contributed by atoms with Gasteiger partial charge in [0.2, 0.25) is 0 Å². The summed E-state index contributed by atoms with van der Waals surface area (Å²) < 4.78 is 10.9. The molecule has 6 nitrogen and oxygen atoms in total. The first-order valence-electron chi connectivity index (χ1n) is 9.79. The Kier molecular flexibility index (Phi) is 5.54. The standard InChI is InChI=1S/C23H23ClN2O4/c1-14-4-6-17(15(2)12-14)20-21(25-8-10-30-11-9-25)23(28)26(22(20)27)18-13-16(24)5-7-19(18)29-3/h4-7,12-13H,8-11H2,1-3H3. The van der Waals surface area contributed by atoms with Crippen LogP contribution in [0.25, 0.3) is 5.57 Å². The second-order valence-corrected chi connectivity index (χ2v) is 7.84. The minimum absolute atomic E-state index is 0.338. The van der Waals surface area contributed by atoms with Crippen molar-refractivity contribution in [2.75, 3.05) is 38.3 Å². The number of nitrogens with zero attached hydrogens (tertiary/aromatic N) is 2. The molecule has 4 rings (SSSR count). The molecule has 0 atom stereocenters. The highest BCUT2D eigenvalue weighted by Gasteiger charge is 2.44. The van der Waals surface area contributed by atoms with Gasteiger partial charge >= 0.3 is 0 Å². The fourth-order valence-corrected chi connectivity index (χ4v) is 4.16. The Morgan fingerprint density at radius 2 is 1.73 bits per heavy atom. The number of aryl methyl sites for hydroxylation is 2. The van der Waals surface area contributed by atoms with Crippen molar-refractivity contribution >= 4 is 34.7 Å². The van der Waals surface area contributed by atoms with E-state index in [2.05, 4.69) is 0 Å². The summed E-state index contributed by atoms with van der Waals surface area (Å²) in [5.41, 5.74) is 3.93. The molecule has 0 unspecified atom stereocenters. The molecular weight excluding hydrogens is 404 g/mol. The first-order valence-corrected chi connectivity index (χ1v) is 10.2. The number of ether oxygens (including phenoxy) is 2. The highest BCUT2D eigenvalue weighted by molar-refractivity contribution is 6.46. The monoisotopic (exact) mass is 426 g/mol. The number of benzene rings is 2. The number of rotatable bonds is 4. The molecule has 2 amide bonds. The molecule has 1 saturated heterocycles. The van der Waals surface area contributed by atoms with E-state index in [1.165, 1.54) is 12.0 Å². The van der Waals surface area contributed by atoms with Crippen LogP contribution in [0.15, 0.2) is 42.1 Å². The van der Waals surface area contributed by atoms with E-state index in [1.807, 2.05) is 36.9 Å². The van der Waals surface area contributed by atoms with E-state index in [4.69, 9.17) is 21.1 Å². The first kappa shape index (κ1) is 20.4. The molecule has 2 aliphatic rings. The van der Waals surface area contributed by atoms with Gasteiger partial charge in [-0.1, -0.05) is 35.4 Å². The topological polar surface area (TPSA) is 59.1 Å². The number of carbonyl (C=O) groups excluding carboxylic acids is 2. The maximum Gasteiger partial charge on any atom is 0.282 e. The summed E-state index contributed by atoms with van der Waals surface area (Å²) in [6, 6.07) is 10.8. The third kappa shape index (κ3) is 3.46. The van der Waals surface area contributed by atoms with Crippen molar-refractivity contribution in [1.29, 1.82) is 0 Å². The fourth-order valence-electron chi connectivity index (χ4n) is 3.99. The van der Waals surface area contributed by atoms with Crippen LogP contribution in [0, 0.1) is 13.8 Å². The van der Waals surface area contributed by atoms with Gasteiger partial charge in [-0.2, -0.15) is 0 Å². The number of anilines is 1. The quantitative estimate of drug-likeness (QED) is 0.699. The zero-order valence-corrected chi connectivity index (χ0v) is 18.0.